The summed E-state index contributed by atoms with van der Waals surface area (Å²) in [6.45, 7) is 10.4. The second-order valence-electron chi connectivity index (χ2n) is 11.0. The summed E-state index contributed by atoms with van der Waals surface area (Å²) in [5, 5.41) is 2.79. The number of rotatable bonds is 9. The van der Waals surface area contributed by atoms with Gasteiger partial charge in [0, 0.05) is 18.2 Å². The van der Waals surface area contributed by atoms with Crippen molar-refractivity contribution in [2.24, 2.45) is 0 Å². The van der Waals surface area contributed by atoms with Gasteiger partial charge in [0.15, 0.2) is 0 Å². The number of ketones is 1. The van der Waals surface area contributed by atoms with Crippen LogP contribution in [0.5, 0.6) is 0 Å². The number of alkyl carbamates (subject to hydrolysis) is 1. The molecule has 11 heteroatoms. The number of oxazole rings is 1. The molecule has 3 rings (SSSR count). The van der Waals surface area contributed by atoms with Gasteiger partial charge in [0.05, 0.1) is 17.9 Å². The Morgan fingerprint density at radius 2 is 1.73 bits per heavy atom. The Morgan fingerprint density at radius 1 is 1.05 bits per heavy atom. The van der Waals surface area contributed by atoms with E-state index in [1.807, 2.05) is 0 Å². The molecule has 214 valence electrons. The van der Waals surface area contributed by atoms with E-state index in [1.165, 1.54) is 35.4 Å². The van der Waals surface area contributed by atoms with Crippen LogP contribution in [0.15, 0.2) is 59.5 Å². The summed E-state index contributed by atoms with van der Waals surface area (Å²) in [7, 11) is 0. The highest BCUT2D eigenvalue weighted by Crippen LogP contribution is 2.26. The van der Waals surface area contributed by atoms with Crippen molar-refractivity contribution in [1.82, 2.24) is 19.9 Å². The van der Waals surface area contributed by atoms with Crippen LogP contribution in [0.4, 0.5) is 14.0 Å². The summed E-state index contributed by atoms with van der Waals surface area (Å²) in [6, 6.07) is 4.86. The standard InChI is InChI=1S/C29H35FN4O6/c1-28(2,3)39-26(36)33-21(10-8-7-9-11-23(35)25-31-16-17-38-25)24-32-22(19-12-14-20(30)15-13-19)18-34(24)27(37)40-29(4,5)6/h7-8,12-18,21H,9-11H2,1-6H3,(H,33,36)/b8-7+. The molecule has 3 aromatic rings. The number of nitrogens with one attached hydrogen (secondary N) is 1. The summed E-state index contributed by atoms with van der Waals surface area (Å²) in [6.07, 6.45) is 7.19. The molecule has 2 aromatic heterocycles. The van der Waals surface area contributed by atoms with Gasteiger partial charge in [-0.1, -0.05) is 12.2 Å². The van der Waals surface area contributed by atoms with Crippen molar-refractivity contribution in [1.29, 1.82) is 0 Å². The first-order valence-corrected chi connectivity index (χ1v) is 12.9. The van der Waals surface area contributed by atoms with E-state index >= 15 is 0 Å². The number of ether oxygens (including phenoxy) is 2. The van der Waals surface area contributed by atoms with Gasteiger partial charge in [-0.05, 0) is 78.6 Å². The zero-order chi connectivity index (χ0) is 29.5. The third-order valence-electron chi connectivity index (χ3n) is 5.21. The molecule has 1 N–H and O–H groups in total. The minimum Gasteiger partial charge on any atom is -0.444 e. The Hall–Kier alpha value is -4.28. The SMILES string of the molecule is CC(C)(C)OC(=O)NC(C/C=C/CCC(=O)c1ncco1)c1nc(-c2ccc(F)cc2)cn1C(=O)OC(C)(C)C. The Labute approximate surface area is 232 Å². The molecule has 1 atom stereocenters. The van der Waals surface area contributed by atoms with E-state index in [0.29, 0.717) is 17.7 Å². The molecule has 0 radical (unpaired) electrons. The highest BCUT2D eigenvalue weighted by Gasteiger charge is 2.28. The number of carbonyl (C=O) groups excluding carboxylic acids is 3. The summed E-state index contributed by atoms with van der Waals surface area (Å²) < 4.78 is 30.8. The van der Waals surface area contributed by atoms with Crippen molar-refractivity contribution >= 4 is 18.0 Å². The Kier molecular flexibility index (Phi) is 9.62. The first kappa shape index (κ1) is 30.3. The van der Waals surface area contributed by atoms with Crippen LogP contribution in [0.1, 0.15) is 83.4 Å². The van der Waals surface area contributed by atoms with Crippen molar-refractivity contribution in [2.45, 2.75) is 78.0 Å². The van der Waals surface area contributed by atoms with Gasteiger partial charge in [-0.3, -0.25) is 4.79 Å². The smallest absolute Gasteiger partial charge is 0.420 e. The topological polar surface area (TPSA) is 126 Å². The lowest BCUT2D eigenvalue weighted by Crippen LogP contribution is -2.37. The van der Waals surface area contributed by atoms with E-state index in [1.54, 1.807) is 65.8 Å². The van der Waals surface area contributed by atoms with Gasteiger partial charge in [0.2, 0.25) is 5.78 Å². The molecule has 10 nitrogen and oxygen atoms in total. The number of hydrogen-bond donors (Lipinski definition) is 1. The fourth-order valence-electron chi connectivity index (χ4n) is 3.57. The predicted octanol–water partition coefficient (Wildman–Crippen LogP) is 6.64. The van der Waals surface area contributed by atoms with Gasteiger partial charge in [0.25, 0.3) is 5.89 Å². The molecule has 0 fully saturated rings. The molecule has 1 aromatic carbocycles. The first-order chi connectivity index (χ1) is 18.7. The summed E-state index contributed by atoms with van der Waals surface area (Å²) >= 11 is 0. The maximum atomic E-state index is 13.5. The summed E-state index contributed by atoms with van der Waals surface area (Å²) in [5.41, 5.74) is -0.596. The molecule has 0 saturated carbocycles. The van der Waals surface area contributed by atoms with Crippen LogP contribution in [0.25, 0.3) is 11.3 Å². The normalized spacial score (nSPS) is 12.8. The number of Topliss-reactive ketones (excluding diaryl/α,β-unsaturated/α-hetero) is 1. The van der Waals surface area contributed by atoms with Crippen LogP contribution in [-0.2, 0) is 9.47 Å². The second kappa shape index (κ2) is 12.7. The largest absolute Gasteiger partial charge is 0.444 e. The number of halogens is 1. The maximum Gasteiger partial charge on any atom is 0.420 e. The molecule has 40 heavy (non-hydrogen) atoms. The lowest BCUT2D eigenvalue weighted by atomic mass is 10.1. The van der Waals surface area contributed by atoms with Gasteiger partial charge in [0.1, 0.15) is 29.1 Å². The van der Waals surface area contributed by atoms with Crippen LogP contribution in [-0.4, -0.2) is 43.7 Å². The number of imidazole rings is 1. The highest BCUT2D eigenvalue weighted by molar-refractivity contribution is 5.91. The van der Waals surface area contributed by atoms with E-state index in [-0.39, 0.29) is 30.3 Å². The Morgan fingerprint density at radius 3 is 2.33 bits per heavy atom. The third kappa shape index (κ3) is 9.18. The van der Waals surface area contributed by atoms with Crippen molar-refractivity contribution in [3.05, 3.63) is 72.6 Å². The van der Waals surface area contributed by atoms with E-state index in [2.05, 4.69) is 15.3 Å². The average molecular weight is 555 g/mol. The molecule has 0 saturated heterocycles. The van der Waals surface area contributed by atoms with Crippen LogP contribution in [0, 0.1) is 5.82 Å². The van der Waals surface area contributed by atoms with Crippen LogP contribution in [0.3, 0.4) is 0 Å². The van der Waals surface area contributed by atoms with Crippen molar-refractivity contribution < 1.29 is 32.7 Å². The molecular formula is C29H35FN4O6. The van der Waals surface area contributed by atoms with E-state index in [4.69, 9.17) is 13.9 Å². The first-order valence-electron chi connectivity index (χ1n) is 12.9. The maximum absolute atomic E-state index is 13.5. The molecule has 1 amide bonds. The third-order valence-corrected chi connectivity index (χ3v) is 5.21. The molecule has 0 aliphatic heterocycles. The van der Waals surface area contributed by atoms with E-state index in [0.717, 1.165) is 0 Å². The average Bonchev–Trinajstić information content (AvgIpc) is 3.52. The van der Waals surface area contributed by atoms with Gasteiger partial charge in [-0.15, -0.1) is 0 Å². The van der Waals surface area contributed by atoms with E-state index < -0.39 is 35.2 Å². The van der Waals surface area contributed by atoms with Gasteiger partial charge >= 0.3 is 12.2 Å². The van der Waals surface area contributed by atoms with Crippen molar-refractivity contribution in [3.63, 3.8) is 0 Å². The highest BCUT2D eigenvalue weighted by atomic mass is 19.1. The lowest BCUT2D eigenvalue weighted by molar-refractivity contribution is 0.0473. The molecule has 1 unspecified atom stereocenters. The number of amides is 1. The fourth-order valence-corrected chi connectivity index (χ4v) is 3.57. The van der Waals surface area contributed by atoms with Crippen LogP contribution < -0.4 is 5.32 Å². The zero-order valence-electron chi connectivity index (χ0n) is 23.6. The van der Waals surface area contributed by atoms with Crippen molar-refractivity contribution in [2.75, 3.05) is 0 Å². The summed E-state index contributed by atoms with van der Waals surface area (Å²) in [5.74, 6) is -0.403. The van der Waals surface area contributed by atoms with Crippen LogP contribution >= 0.6 is 0 Å². The van der Waals surface area contributed by atoms with E-state index in [9.17, 15) is 18.8 Å². The quantitative estimate of drug-likeness (QED) is 0.231. The predicted molar refractivity (Wildman–Crippen MR) is 145 cm³/mol. The minimum absolute atomic E-state index is 0.0468. The summed E-state index contributed by atoms with van der Waals surface area (Å²) in [4.78, 5) is 46.6. The Bertz CT molecular complexity index is 1330. The monoisotopic (exact) mass is 554 g/mol. The number of carbonyl (C=O) groups is 3. The molecule has 2 heterocycles. The number of allylic oxidation sites excluding steroid dienone is 1. The van der Waals surface area contributed by atoms with Gasteiger partial charge in [-0.25, -0.2) is 28.5 Å². The van der Waals surface area contributed by atoms with Crippen molar-refractivity contribution in [3.8, 4) is 11.3 Å². The van der Waals surface area contributed by atoms with Gasteiger partial charge in [-0.2, -0.15) is 0 Å². The molecular weight excluding hydrogens is 519 g/mol. The minimum atomic E-state index is -0.810. The fraction of sp³-hybridized carbons (Fsp3) is 0.414. The number of benzene rings is 1. The second-order valence-corrected chi connectivity index (χ2v) is 11.0. The molecule has 0 bridgehead atoms. The zero-order valence-corrected chi connectivity index (χ0v) is 23.6. The Balaban J connectivity index is 1.91. The molecule has 0 spiro atoms. The number of aromatic nitrogens is 3. The van der Waals surface area contributed by atoms with Gasteiger partial charge < -0.3 is 19.2 Å². The number of hydrogen-bond acceptors (Lipinski definition) is 8. The molecule has 0 aliphatic rings. The number of nitrogens with zero attached hydrogens (tertiary/aromatic N) is 3. The lowest BCUT2D eigenvalue weighted by Gasteiger charge is -2.24. The molecule has 0 aliphatic carbocycles. The van der Waals surface area contributed by atoms with Crippen LogP contribution in [0.2, 0.25) is 0 Å².